The molecule has 1 aliphatic rings. The van der Waals surface area contributed by atoms with E-state index >= 15 is 0 Å². The Kier molecular flexibility index (Phi) is 6.60. The topological polar surface area (TPSA) is 64.3 Å². The van der Waals surface area contributed by atoms with Gasteiger partial charge in [0.15, 0.2) is 0 Å². The number of rotatable bonds is 8. The molecule has 1 aliphatic carbocycles. The Morgan fingerprint density at radius 3 is 2.57 bits per heavy atom. The minimum absolute atomic E-state index is 0.0463. The van der Waals surface area contributed by atoms with Gasteiger partial charge in [-0.15, -0.1) is 0 Å². The molecule has 0 radical (unpaired) electrons. The van der Waals surface area contributed by atoms with Crippen molar-refractivity contribution >= 4 is 5.91 Å². The first-order valence-electron chi connectivity index (χ1n) is 8.65. The van der Waals surface area contributed by atoms with Crippen LogP contribution in [0.1, 0.15) is 50.6 Å². The summed E-state index contributed by atoms with van der Waals surface area (Å²) in [5.41, 5.74) is 7.47. The van der Waals surface area contributed by atoms with Crippen LogP contribution >= 0.6 is 0 Å². The monoisotopic (exact) mass is 318 g/mol. The highest BCUT2D eigenvalue weighted by Crippen LogP contribution is 2.40. The van der Waals surface area contributed by atoms with E-state index in [0.29, 0.717) is 0 Å². The van der Waals surface area contributed by atoms with Crippen LogP contribution < -0.4 is 11.1 Å². The molecule has 1 aromatic carbocycles. The molecule has 4 nitrogen and oxygen atoms in total. The van der Waals surface area contributed by atoms with Crippen molar-refractivity contribution in [3.63, 3.8) is 0 Å². The van der Waals surface area contributed by atoms with Gasteiger partial charge in [0.05, 0.1) is 5.92 Å². The second-order valence-corrected chi connectivity index (χ2v) is 6.89. The maximum absolute atomic E-state index is 12.5. The van der Waals surface area contributed by atoms with Gasteiger partial charge in [-0.1, -0.05) is 50.1 Å². The molecule has 2 atom stereocenters. The van der Waals surface area contributed by atoms with Crippen LogP contribution in [-0.4, -0.2) is 26.2 Å². The number of carbonyl (C=O) groups excluding carboxylic acids is 1. The number of hydrogen-bond donors (Lipinski definition) is 2. The number of amides is 1. The Hall–Kier alpha value is -1.39. The van der Waals surface area contributed by atoms with Gasteiger partial charge in [0.2, 0.25) is 5.91 Å². The van der Waals surface area contributed by atoms with Crippen LogP contribution in [-0.2, 0) is 9.53 Å². The van der Waals surface area contributed by atoms with Gasteiger partial charge in [0.1, 0.15) is 0 Å². The summed E-state index contributed by atoms with van der Waals surface area (Å²) in [6.07, 6.45) is 5.87. The molecule has 1 saturated carbocycles. The van der Waals surface area contributed by atoms with Crippen molar-refractivity contribution in [1.82, 2.24) is 5.32 Å². The first kappa shape index (κ1) is 18.0. The molecule has 0 aliphatic heterocycles. The van der Waals surface area contributed by atoms with Gasteiger partial charge in [-0.2, -0.15) is 0 Å². The lowest BCUT2D eigenvalue weighted by Crippen LogP contribution is -2.41. The minimum atomic E-state index is -0.269. The van der Waals surface area contributed by atoms with Gasteiger partial charge in [0, 0.05) is 26.3 Å². The average molecular weight is 318 g/mol. The molecule has 23 heavy (non-hydrogen) atoms. The molecule has 1 aromatic rings. The number of carbonyl (C=O) groups is 1. The van der Waals surface area contributed by atoms with Crippen molar-refractivity contribution in [3.05, 3.63) is 35.9 Å². The molecule has 0 bridgehead atoms. The SMILES string of the molecule is COCCC1(CNC(=O)C(C)C(N)c2ccccc2)CCCC1. The number of benzene rings is 1. The lowest BCUT2D eigenvalue weighted by Gasteiger charge is -2.30. The van der Waals surface area contributed by atoms with Crippen molar-refractivity contribution in [1.29, 1.82) is 0 Å². The summed E-state index contributed by atoms with van der Waals surface area (Å²) < 4.78 is 5.25. The molecule has 2 rings (SSSR count). The van der Waals surface area contributed by atoms with Crippen LogP contribution in [0.15, 0.2) is 30.3 Å². The van der Waals surface area contributed by atoms with E-state index in [4.69, 9.17) is 10.5 Å². The second kappa shape index (κ2) is 8.46. The van der Waals surface area contributed by atoms with E-state index in [0.717, 1.165) is 25.1 Å². The maximum Gasteiger partial charge on any atom is 0.224 e. The quantitative estimate of drug-likeness (QED) is 0.774. The smallest absolute Gasteiger partial charge is 0.224 e. The Morgan fingerprint density at radius 1 is 1.30 bits per heavy atom. The van der Waals surface area contributed by atoms with E-state index in [1.54, 1.807) is 7.11 Å². The second-order valence-electron chi connectivity index (χ2n) is 6.89. The molecular weight excluding hydrogens is 288 g/mol. The van der Waals surface area contributed by atoms with E-state index in [2.05, 4.69) is 5.32 Å². The first-order valence-corrected chi connectivity index (χ1v) is 8.65. The number of nitrogens with two attached hydrogens (primary N) is 1. The largest absolute Gasteiger partial charge is 0.385 e. The fraction of sp³-hybridized carbons (Fsp3) is 0.632. The fourth-order valence-electron chi connectivity index (χ4n) is 3.52. The molecule has 0 spiro atoms. The molecule has 4 heteroatoms. The third kappa shape index (κ3) is 4.79. The highest BCUT2D eigenvalue weighted by atomic mass is 16.5. The summed E-state index contributed by atoms with van der Waals surface area (Å²) in [6, 6.07) is 9.56. The number of ether oxygens (including phenoxy) is 1. The van der Waals surface area contributed by atoms with Gasteiger partial charge in [-0.3, -0.25) is 4.79 Å². The molecular formula is C19H30N2O2. The van der Waals surface area contributed by atoms with Gasteiger partial charge < -0.3 is 15.8 Å². The van der Waals surface area contributed by atoms with Crippen LogP contribution in [0.2, 0.25) is 0 Å². The lowest BCUT2D eigenvalue weighted by atomic mass is 9.82. The van der Waals surface area contributed by atoms with E-state index in [1.165, 1.54) is 25.7 Å². The van der Waals surface area contributed by atoms with Crippen molar-refractivity contribution in [3.8, 4) is 0 Å². The third-order valence-corrected chi connectivity index (χ3v) is 5.28. The Balaban J connectivity index is 1.90. The standard InChI is InChI=1S/C19H30N2O2/c1-15(17(20)16-8-4-3-5-9-16)18(22)21-14-19(12-13-23-2)10-6-7-11-19/h3-5,8-9,15,17H,6-7,10-14,20H2,1-2H3,(H,21,22). The van der Waals surface area contributed by atoms with E-state index < -0.39 is 0 Å². The van der Waals surface area contributed by atoms with Gasteiger partial charge >= 0.3 is 0 Å². The van der Waals surface area contributed by atoms with Crippen molar-refractivity contribution in [2.75, 3.05) is 20.3 Å². The fourth-order valence-corrected chi connectivity index (χ4v) is 3.52. The number of nitrogens with one attached hydrogen (secondary N) is 1. The average Bonchev–Trinajstić information content (AvgIpc) is 3.06. The molecule has 1 amide bonds. The highest BCUT2D eigenvalue weighted by Gasteiger charge is 2.34. The third-order valence-electron chi connectivity index (χ3n) is 5.28. The molecule has 0 saturated heterocycles. The zero-order valence-electron chi connectivity index (χ0n) is 14.4. The normalized spacial score (nSPS) is 19.3. The summed E-state index contributed by atoms with van der Waals surface area (Å²) in [6.45, 7) is 3.40. The van der Waals surface area contributed by atoms with Crippen LogP contribution in [0, 0.1) is 11.3 Å². The zero-order chi connectivity index (χ0) is 16.7. The lowest BCUT2D eigenvalue weighted by molar-refractivity contribution is -0.125. The van der Waals surface area contributed by atoms with Gasteiger partial charge in [-0.05, 0) is 30.2 Å². The summed E-state index contributed by atoms with van der Waals surface area (Å²) >= 11 is 0. The van der Waals surface area contributed by atoms with Crippen LogP contribution in [0.5, 0.6) is 0 Å². The maximum atomic E-state index is 12.5. The number of methoxy groups -OCH3 is 1. The Bertz CT molecular complexity index is 483. The predicted molar refractivity (Wildman–Crippen MR) is 92.9 cm³/mol. The molecule has 0 aromatic heterocycles. The predicted octanol–water partition coefficient (Wildman–Crippen LogP) is 3.04. The van der Waals surface area contributed by atoms with Crippen LogP contribution in [0.4, 0.5) is 0 Å². The molecule has 2 unspecified atom stereocenters. The summed E-state index contributed by atoms with van der Waals surface area (Å²) in [7, 11) is 1.74. The van der Waals surface area contributed by atoms with E-state index in [9.17, 15) is 4.79 Å². The Labute approximate surface area is 139 Å². The Morgan fingerprint density at radius 2 is 1.96 bits per heavy atom. The molecule has 0 heterocycles. The van der Waals surface area contributed by atoms with E-state index in [-0.39, 0.29) is 23.3 Å². The van der Waals surface area contributed by atoms with Crippen molar-refractivity contribution < 1.29 is 9.53 Å². The van der Waals surface area contributed by atoms with Crippen molar-refractivity contribution in [2.45, 2.75) is 45.1 Å². The molecule has 3 N–H and O–H groups in total. The van der Waals surface area contributed by atoms with E-state index in [1.807, 2.05) is 37.3 Å². The summed E-state index contributed by atoms with van der Waals surface area (Å²) in [4.78, 5) is 12.5. The zero-order valence-corrected chi connectivity index (χ0v) is 14.4. The van der Waals surface area contributed by atoms with Crippen molar-refractivity contribution in [2.24, 2.45) is 17.1 Å². The summed E-state index contributed by atoms with van der Waals surface area (Å²) in [5.74, 6) is -0.191. The molecule has 1 fully saturated rings. The molecule has 128 valence electrons. The highest BCUT2D eigenvalue weighted by molar-refractivity contribution is 5.79. The number of hydrogen-bond acceptors (Lipinski definition) is 3. The minimum Gasteiger partial charge on any atom is -0.385 e. The van der Waals surface area contributed by atoms with Crippen LogP contribution in [0.3, 0.4) is 0 Å². The van der Waals surface area contributed by atoms with Crippen LogP contribution in [0.25, 0.3) is 0 Å². The first-order chi connectivity index (χ1) is 11.1. The van der Waals surface area contributed by atoms with Gasteiger partial charge in [-0.25, -0.2) is 0 Å². The summed E-state index contributed by atoms with van der Waals surface area (Å²) in [5, 5.41) is 3.15. The van der Waals surface area contributed by atoms with Gasteiger partial charge in [0.25, 0.3) is 0 Å².